The third kappa shape index (κ3) is 3.44. The van der Waals surface area contributed by atoms with Gasteiger partial charge in [0.25, 0.3) is 0 Å². The van der Waals surface area contributed by atoms with Crippen LogP contribution in [0.15, 0.2) is 0 Å². The van der Waals surface area contributed by atoms with E-state index in [0.717, 1.165) is 11.6 Å². The lowest BCUT2D eigenvalue weighted by atomic mass is 9.97. The highest BCUT2D eigenvalue weighted by molar-refractivity contribution is 7.39. The van der Waals surface area contributed by atoms with E-state index in [9.17, 15) is 0 Å². The molecule has 1 heterocycles. The predicted octanol–water partition coefficient (Wildman–Crippen LogP) is 4.04. The summed E-state index contributed by atoms with van der Waals surface area (Å²) in [7, 11) is 1.29. The molecule has 0 amide bonds. The molecule has 12 heavy (non-hydrogen) atoms. The van der Waals surface area contributed by atoms with Gasteiger partial charge in [0.05, 0.1) is 0 Å². The zero-order valence-corrected chi connectivity index (χ0v) is 9.60. The molecule has 1 saturated heterocycles. The van der Waals surface area contributed by atoms with Gasteiger partial charge in [-0.1, -0.05) is 39.5 Å². The molecule has 0 aromatic heterocycles. The summed E-state index contributed by atoms with van der Waals surface area (Å²) in [5, 5.41) is 0. The minimum atomic E-state index is 1.03. The molecule has 0 nitrogen and oxygen atoms in total. The molecule has 1 rings (SSSR count). The van der Waals surface area contributed by atoms with Gasteiger partial charge >= 0.3 is 0 Å². The first-order valence-corrected chi connectivity index (χ1v) is 6.86. The van der Waals surface area contributed by atoms with Crippen LogP contribution in [0.4, 0.5) is 0 Å². The Morgan fingerprint density at radius 2 is 2.25 bits per heavy atom. The second kappa shape index (κ2) is 5.97. The molecule has 1 aliphatic heterocycles. The summed E-state index contributed by atoms with van der Waals surface area (Å²) in [5.74, 6) is 1.03. The van der Waals surface area contributed by atoms with Gasteiger partial charge in [0.15, 0.2) is 0 Å². The van der Waals surface area contributed by atoms with Crippen molar-refractivity contribution < 1.29 is 0 Å². The molecule has 3 unspecified atom stereocenters. The normalized spacial score (nSPS) is 28.0. The van der Waals surface area contributed by atoms with E-state index in [0.29, 0.717) is 0 Å². The van der Waals surface area contributed by atoms with Crippen LogP contribution in [0.5, 0.6) is 0 Å². The first-order chi connectivity index (χ1) is 5.84. The minimum absolute atomic E-state index is 1.03. The standard InChI is InChI=1S/C11H23P/c1-3-4-5-7-10(2)11-8-6-9-12-11/h10-12H,3-9H2,1-2H3. The highest BCUT2D eigenvalue weighted by Gasteiger charge is 2.20. The predicted molar refractivity (Wildman–Crippen MR) is 59.5 cm³/mol. The Bertz CT molecular complexity index is 106. The molecule has 0 bridgehead atoms. The topological polar surface area (TPSA) is 0 Å². The summed E-state index contributed by atoms with van der Waals surface area (Å²) in [6.07, 6.45) is 10.4. The van der Waals surface area contributed by atoms with Crippen molar-refractivity contribution >= 4 is 8.58 Å². The van der Waals surface area contributed by atoms with Gasteiger partial charge in [0.2, 0.25) is 0 Å². The van der Waals surface area contributed by atoms with E-state index in [-0.39, 0.29) is 0 Å². The molecule has 72 valence electrons. The lowest BCUT2D eigenvalue weighted by Crippen LogP contribution is -2.09. The van der Waals surface area contributed by atoms with E-state index >= 15 is 0 Å². The molecule has 0 N–H and O–H groups in total. The zero-order valence-electron chi connectivity index (χ0n) is 8.60. The lowest BCUT2D eigenvalue weighted by Gasteiger charge is -2.18. The smallest absolute Gasteiger partial charge is 0.0211 e. The molecule has 0 radical (unpaired) electrons. The van der Waals surface area contributed by atoms with E-state index < -0.39 is 0 Å². The van der Waals surface area contributed by atoms with Crippen LogP contribution in [0.2, 0.25) is 0 Å². The molecule has 1 fully saturated rings. The molecule has 0 saturated carbocycles. The maximum Gasteiger partial charge on any atom is -0.0211 e. The number of rotatable bonds is 5. The van der Waals surface area contributed by atoms with Gasteiger partial charge in [0.1, 0.15) is 0 Å². The number of hydrogen-bond donors (Lipinski definition) is 0. The van der Waals surface area contributed by atoms with Crippen LogP contribution in [-0.2, 0) is 0 Å². The maximum atomic E-state index is 2.47. The second-order valence-corrected chi connectivity index (χ2v) is 5.83. The average Bonchev–Trinajstić information content (AvgIpc) is 2.56. The molecule has 1 aliphatic rings. The van der Waals surface area contributed by atoms with Gasteiger partial charge in [-0.2, -0.15) is 0 Å². The van der Waals surface area contributed by atoms with Crippen molar-refractivity contribution in [1.29, 1.82) is 0 Å². The van der Waals surface area contributed by atoms with Gasteiger partial charge in [0, 0.05) is 0 Å². The van der Waals surface area contributed by atoms with Crippen LogP contribution in [0, 0.1) is 5.92 Å². The Morgan fingerprint density at radius 1 is 1.42 bits per heavy atom. The van der Waals surface area contributed by atoms with Gasteiger partial charge in [-0.3, -0.25) is 0 Å². The summed E-state index contributed by atoms with van der Waals surface area (Å²) in [4.78, 5) is 0. The van der Waals surface area contributed by atoms with E-state index in [4.69, 9.17) is 0 Å². The molecule has 0 aliphatic carbocycles. The van der Waals surface area contributed by atoms with Crippen LogP contribution >= 0.6 is 8.58 Å². The molecular weight excluding hydrogens is 163 g/mol. The van der Waals surface area contributed by atoms with Crippen molar-refractivity contribution in [2.24, 2.45) is 5.92 Å². The third-order valence-electron chi connectivity index (χ3n) is 3.05. The first kappa shape index (κ1) is 10.5. The highest BCUT2D eigenvalue weighted by atomic mass is 31.1. The van der Waals surface area contributed by atoms with Crippen molar-refractivity contribution in [3.8, 4) is 0 Å². The van der Waals surface area contributed by atoms with E-state index in [2.05, 4.69) is 13.8 Å². The quantitative estimate of drug-likeness (QED) is 0.449. The van der Waals surface area contributed by atoms with E-state index in [1.807, 2.05) is 0 Å². The lowest BCUT2D eigenvalue weighted by molar-refractivity contribution is 0.468. The summed E-state index contributed by atoms with van der Waals surface area (Å²) < 4.78 is 0. The number of unbranched alkanes of at least 4 members (excludes halogenated alkanes) is 2. The van der Waals surface area contributed by atoms with Crippen LogP contribution in [0.3, 0.4) is 0 Å². The van der Waals surface area contributed by atoms with E-state index in [1.165, 1.54) is 53.3 Å². The van der Waals surface area contributed by atoms with Gasteiger partial charge in [-0.25, -0.2) is 0 Å². The molecule has 0 aromatic rings. The Balaban J connectivity index is 2.05. The Hall–Kier alpha value is 0.430. The summed E-state index contributed by atoms with van der Waals surface area (Å²) in [6.45, 7) is 4.76. The van der Waals surface area contributed by atoms with Crippen LogP contribution < -0.4 is 0 Å². The van der Waals surface area contributed by atoms with Gasteiger partial charge < -0.3 is 0 Å². The number of hydrogen-bond acceptors (Lipinski definition) is 0. The fourth-order valence-corrected chi connectivity index (χ4v) is 3.87. The van der Waals surface area contributed by atoms with Crippen LogP contribution in [-0.4, -0.2) is 11.8 Å². The Morgan fingerprint density at radius 3 is 2.83 bits per heavy atom. The SMILES string of the molecule is CCCCCC(C)C1CCCP1. The van der Waals surface area contributed by atoms with Crippen molar-refractivity contribution in [3.63, 3.8) is 0 Å². The summed E-state index contributed by atoms with van der Waals surface area (Å²) in [6, 6.07) is 0. The maximum absolute atomic E-state index is 2.47. The van der Waals surface area contributed by atoms with Crippen LogP contribution in [0.25, 0.3) is 0 Å². The molecular formula is C11H23P. The molecule has 0 spiro atoms. The zero-order chi connectivity index (χ0) is 8.81. The Kier molecular flexibility index (Phi) is 5.23. The van der Waals surface area contributed by atoms with Gasteiger partial charge in [-0.15, -0.1) is 8.58 Å². The molecule has 3 atom stereocenters. The minimum Gasteiger partial charge on any atom is -0.119 e. The van der Waals surface area contributed by atoms with Crippen molar-refractivity contribution in [1.82, 2.24) is 0 Å². The van der Waals surface area contributed by atoms with Crippen molar-refractivity contribution in [3.05, 3.63) is 0 Å². The largest absolute Gasteiger partial charge is 0.119 e. The molecule has 1 heteroatoms. The summed E-state index contributed by atoms with van der Waals surface area (Å²) >= 11 is 0. The fourth-order valence-electron chi connectivity index (χ4n) is 2.11. The average molecular weight is 186 g/mol. The van der Waals surface area contributed by atoms with E-state index in [1.54, 1.807) is 0 Å². The van der Waals surface area contributed by atoms with Crippen molar-refractivity contribution in [2.75, 3.05) is 6.16 Å². The second-order valence-electron chi connectivity index (χ2n) is 4.18. The molecule has 0 aromatic carbocycles. The van der Waals surface area contributed by atoms with Crippen molar-refractivity contribution in [2.45, 2.75) is 58.0 Å². The van der Waals surface area contributed by atoms with Gasteiger partial charge in [-0.05, 0) is 30.6 Å². The summed E-state index contributed by atoms with van der Waals surface area (Å²) in [5.41, 5.74) is 1.11. The fraction of sp³-hybridized carbons (Fsp3) is 1.00. The highest BCUT2D eigenvalue weighted by Crippen LogP contribution is 2.38. The third-order valence-corrected chi connectivity index (χ3v) is 5.07. The monoisotopic (exact) mass is 186 g/mol. The first-order valence-electron chi connectivity index (χ1n) is 5.58. The Labute approximate surface area is 79.3 Å². The van der Waals surface area contributed by atoms with Crippen LogP contribution in [0.1, 0.15) is 52.4 Å².